The van der Waals surface area contributed by atoms with E-state index in [4.69, 9.17) is 9.97 Å². The first-order valence-electron chi connectivity index (χ1n) is 12.0. The Morgan fingerprint density at radius 2 is 1.94 bits per heavy atom. The second kappa shape index (κ2) is 8.77. The Morgan fingerprint density at radius 3 is 2.69 bits per heavy atom. The lowest BCUT2D eigenvalue weighted by atomic mass is 9.76. The van der Waals surface area contributed by atoms with Crippen molar-refractivity contribution in [2.75, 3.05) is 25.5 Å². The first-order chi connectivity index (χ1) is 15.6. The van der Waals surface area contributed by atoms with E-state index in [1.807, 2.05) is 11.9 Å². The van der Waals surface area contributed by atoms with Crippen LogP contribution in [-0.4, -0.2) is 40.9 Å². The van der Waals surface area contributed by atoms with Gasteiger partial charge in [0.05, 0.1) is 17.2 Å². The van der Waals surface area contributed by atoms with Gasteiger partial charge in [-0.15, -0.1) is 0 Å². The predicted octanol–water partition coefficient (Wildman–Crippen LogP) is 3.87. The quantitative estimate of drug-likeness (QED) is 0.760. The Hall–Kier alpha value is -2.54. The summed E-state index contributed by atoms with van der Waals surface area (Å²) in [6.07, 6.45) is 7.50. The molecule has 32 heavy (non-hydrogen) atoms. The van der Waals surface area contributed by atoms with E-state index in [-0.39, 0.29) is 17.8 Å². The monoisotopic (exact) mass is 437 g/mol. The van der Waals surface area contributed by atoms with Crippen molar-refractivity contribution in [1.29, 1.82) is 0 Å². The van der Waals surface area contributed by atoms with E-state index in [1.54, 1.807) is 12.1 Å². The minimum Gasteiger partial charge on any atom is -0.373 e. The van der Waals surface area contributed by atoms with Crippen LogP contribution in [0.5, 0.6) is 0 Å². The Morgan fingerprint density at radius 1 is 1.16 bits per heavy atom. The molecule has 1 saturated carbocycles. The third-order valence-electron chi connectivity index (χ3n) is 7.51. The number of likely N-dealkylation sites (tertiary alicyclic amines) is 1. The number of anilines is 1. The molecule has 1 aromatic carbocycles. The molecular weight excluding hydrogens is 405 g/mol. The molecule has 0 radical (unpaired) electrons. The third-order valence-corrected chi connectivity index (χ3v) is 7.51. The van der Waals surface area contributed by atoms with Gasteiger partial charge in [0.15, 0.2) is 5.82 Å². The summed E-state index contributed by atoms with van der Waals surface area (Å²) in [5.74, 6) is 1.53. The van der Waals surface area contributed by atoms with Gasteiger partial charge in [0.2, 0.25) is 5.91 Å². The van der Waals surface area contributed by atoms with Gasteiger partial charge in [-0.2, -0.15) is 0 Å². The van der Waals surface area contributed by atoms with Gasteiger partial charge >= 0.3 is 0 Å². The Bertz CT molecular complexity index is 969. The highest BCUT2D eigenvalue weighted by Crippen LogP contribution is 2.45. The number of carbonyl (C=O) groups is 1. The standard InChI is InChI=1S/C25H32FN5O/c1-27-22-19-16-28-14-11-20(19)29-23(30-22)21-6-2-5-15-31(21)24(32)25(12-3-4-13-25)17-7-9-18(26)10-8-17/h7-10,21,28H,2-6,11-16H2,1H3,(H,27,29,30)/t21-/m1/s1. The molecule has 0 bridgehead atoms. The van der Waals surface area contributed by atoms with Gasteiger partial charge in [-0.25, -0.2) is 14.4 Å². The third kappa shape index (κ3) is 3.66. The van der Waals surface area contributed by atoms with Gasteiger partial charge in [-0.05, 0) is 49.8 Å². The van der Waals surface area contributed by atoms with E-state index in [1.165, 1.54) is 12.1 Å². The fourth-order valence-electron chi connectivity index (χ4n) is 5.81. The highest BCUT2D eigenvalue weighted by molar-refractivity contribution is 5.89. The number of amides is 1. The minimum atomic E-state index is -0.562. The van der Waals surface area contributed by atoms with Gasteiger partial charge in [0.1, 0.15) is 11.6 Å². The van der Waals surface area contributed by atoms with Gasteiger partial charge < -0.3 is 15.5 Å². The van der Waals surface area contributed by atoms with E-state index in [9.17, 15) is 9.18 Å². The molecule has 3 heterocycles. The minimum absolute atomic E-state index is 0.110. The lowest BCUT2D eigenvalue weighted by Gasteiger charge is -2.41. The van der Waals surface area contributed by atoms with E-state index in [0.717, 1.165) is 99.5 Å². The van der Waals surface area contributed by atoms with Crippen LogP contribution in [0.2, 0.25) is 0 Å². The largest absolute Gasteiger partial charge is 0.373 e. The number of benzene rings is 1. The average Bonchev–Trinajstić information content (AvgIpc) is 3.34. The zero-order valence-electron chi connectivity index (χ0n) is 18.8. The van der Waals surface area contributed by atoms with Gasteiger partial charge in [-0.1, -0.05) is 25.0 Å². The fraction of sp³-hybridized carbons (Fsp3) is 0.560. The number of nitrogens with one attached hydrogen (secondary N) is 2. The Kier molecular flexibility index (Phi) is 5.84. The summed E-state index contributed by atoms with van der Waals surface area (Å²) in [6.45, 7) is 2.41. The van der Waals surface area contributed by atoms with Crippen LogP contribution in [0, 0.1) is 5.82 Å². The summed E-state index contributed by atoms with van der Waals surface area (Å²) in [6, 6.07) is 6.46. The van der Waals surface area contributed by atoms with Crippen LogP contribution < -0.4 is 10.6 Å². The maximum atomic E-state index is 14.2. The van der Waals surface area contributed by atoms with Crippen molar-refractivity contribution in [2.24, 2.45) is 0 Å². The molecule has 6 nitrogen and oxygen atoms in total. The topological polar surface area (TPSA) is 70.2 Å². The predicted molar refractivity (Wildman–Crippen MR) is 122 cm³/mol. The molecule has 0 spiro atoms. The summed E-state index contributed by atoms with van der Waals surface area (Å²) in [5.41, 5.74) is 2.60. The molecule has 2 aromatic rings. The molecule has 2 aliphatic heterocycles. The lowest BCUT2D eigenvalue weighted by Crippen LogP contribution is -2.49. The number of nitrogens with zero attached hydrogens (tertiary/aromatic N) is 3. The van der Waals surface area contributed by atoms with E-state index < -0.39 is 5.41 Å². The SMILES string of the molecule is CNc1nc([C@H]2CCCCN2C(=O)C2(c3ccc(F)cc3)CCCC2)nc2c1CNCC2. The molecule has 170 valence electrons. The average molecular weight is 438 g/mol. The number of carbonyl (C=O) groups excluding carboxylic acids is 1. The highest BCUT2D eigenvalue weighted by Gasteiger charge is 2.47. The Labute approximate surface area is 189 Å². The van der Waals surface area contributed by atoms with Crippen LogP contribution >= 0.6 is 0 Å². The molecule has 2 fully saturated rings. The van der Waals surface area contributed by atoms with Crippen molar-refractivity contribution in [1.82, 2.24) is 20.2 Å². The van der Waals surface area contributed by atoms with E-state index in [0.29, 0.717) is 0 Å². The number of rotatable bonds is 4. The number of hydrogen-bond donors (Lipinski definition) is 2. The van der Waals surface area contributed by atoms with Crippen LogP contribution in [0.1, 0.15) is 73.6 Å². The lowest BCUT2D eigenvalue weighted by molar-refractivity contribution is -0.141. The molecular formula is C25H32FN5O. The normalized spacial score (nSPS) is 22.4. The van der Waals surface area contributed by atoms with Crippen LogP contribution in [0.4, 0.5) is 10.2 Å². The second-order valence-corrected chi connectivity index (χ2v) is 9.34. The van der Waals surface area contributed by atoms with Crippen molar-refractivity contribution >= 4 is 11.7 Å². The van der Waals surface area contributed by atoms with Gasteiger partial charge in [0, 0.05) is 38.7 Å². The molecule has 1 atom stereocenters. The summed E-state index contributed by atoms with van der Waals surface area (Å²) >= 11 is 0. The molecule has 1 aliphatic carbocycles. The zero-order chi connectivity index (χ0) is 22.1. The van der Waals surface area contributed by atoms with Crippen LogP contribution in [-0.2, 0) is 23.2 Å². The molecule has 5 rings (SSSR count). The molecule has 2 N–H and O–H groups in total. The number of halogens is 1. The van der Waals surface area contributed by atoms with Gasteiger partial charge in [-0.3, -0.25) is 4.79 Å². The number of aromatic nitrogens is 2. The number of hydrogen-bond acceptors (Lipinski definition) is 5. The van der Waals surface area contributed by atoms with E-state index in [2.05, 4.69) is 10.6 Å². The summed E-state index contributed by atoms with van der Waals surface area (Å²) in [5, 5.41) is 6.64. The number of fused-ring (bicyclic) bond motifs is 1. The second-order valence-electron chi connectivity index (χ2n) is 9.34. The first-order valence-corrected chi connectivity index (χ1v) is 12.0. The van der Waals surface area contributed by atoms with Crippen LogP contribution in [0.3, 0.4) is 0 Å². The van der Waals surface area contributed by atoms with Crippen LogP contribution in [0.15, 0.2) is 24.3 Å². The van der Waals surface area contributed by atoms with Crippen molar-refractivity contribution < 1.29 is 9.18 Å². The smallest absolute Gasteiger partial charge is 0.233 e. The molecule has 1 saturated heterocycles. The van der Waals surface area contributed by atoms with Crippen molar-refractivity contribution in [2.45, 2.75) is 69.4 Å². The highest BCUT2D eigenvalue weighted by atomic mass is 19.1. The summed E-state index contributed by atoms with van der Waals surface area (Å²) in [4.78, 5) is 26.1. The molecule has 7 heteroatoms. The maximum Gasteiger partial charge on any atom is 0.233 e. The summed E-state index contributed by atoms with van der Waals surface area (Å²) in [7, 11) is 1.90. The first kappa shape index (κ1) is 21.3. The fourth-order valence-corrected chi connectivity index (χ4v) is 5.81. The molecule has 0 unspecified atom stereocenters. The van der Waals surface area contributed by atoms with E-state index >= 15 is 0 Å². The zero-order valence-corrected chi connectivity index (χ0v) is 18.8. The van der Waals surface area contributed by atoms with Crippen LogP contribution in [0.25, 0.3) is 0 Å². The Balaban J connectivity index is 1.52. The van der Waals surface area contributed by atoms with Crippen molar-refractivity contribution in [3.8, 4) is 0 Å². The summed E-state index contributed by atoms with van der Waals surface area (Å²) < 4.78 is 13.6. The van der Waals surface area contributed by atoms with Crippen molar-refractivity contribution in [3.63, 3.8) is 0 Å². The molecule has 1 aromatic heterocycles. The maximum absolute atomic E-state index is 14.2. The van der Waals surface area contributed by atoms with Gasteiger partial charge in [0.25, 0.3) is 0 Å². The molecule has 1 amide bonds. The van der Waals surface area contributed by atoms with Crippen molar-refractivity contribution in [3.05, 3.63) is 52.7 Å². The molecule has 3 aliphatic rings. The number of piperidine rings is 1.